The van der Waals surface area contributed by atoms with E-state index in [0.29, 0.717) is 24.6 Å². The number of carboxylic acids is 1. The third-order valence-corrected chi connectivity index (χ3v) is 7.07. The third kappa shape index (κ3) is 6.84. The molecule has 0 radical (unpaired) electrons. The van der Waals surface area contributed by atoms with E-state index in [9.17, 15) is 19.5 Å². The number of nitrogens with one attached hydrogen (secondary N) is 2. The highest BCUT2D eigenvalue weighted by Crippen LogP contribution is 2.27. The number of aromatic amines is 1. The van der Waals surface area contributed by atoms with Crippen LogP contribution in [0.4, 0.5) is 0 Å². The SMILES string of the molecule is CCCC[C@H](NC(=O)c1cc2ccccc2[nH]1)C(=O)N(CCCC1CCCCC1)C(C)C(=O)O. The van der Waals surface area contributed by atoms with Crippen LogP contribution in [0.25, 0.3) is 10.9 Å². The van der Waals surface area contributed by atoms with Crippen molar-refractivity contribution in [1.29, 1.82) is 0 Å². The average molecular weight is 470 g/mol. The second-order valence-electron chi connectivity index (χ2n) is 9.63. The zero-order valence-electron chi connectivity index (χ0n) is 20.5. The number of benzene rings is 1. The normalized spacial score (nSPS) is 16.2. The van der Waals surface area contributed by atoms with Crippen molar-refractivity contribution in [3.63, 3.8) is 0 Å². The number of carbonyl (C=O) groups excluding carboxylic acids is 2. The molecular formula is C27H39N3O4. The van der Waals surface area contributed by atoms with Crippen LogP contribution in [0.2, 0.25) is 0 Å². The first kappa shape index (κ1) is 25.8. The standard InChI is InChI=1S/C27H39N3O4/c1-3-4-15-23(29-25(31)24-18-21-14-8-9-16-22(21)28-24)26(32)30(19(2)27(33)34)17-10-13-20-11-6-5-7-12-20/h8-9,14,16,18-20,23,28H,3-7,10-13,15,17H2,1-2H3,(H,29,31)(H,33,34)/t19?,23-/m0/s1. The van der Waals surface area contributed by atoms with Crippen LogP contribution >= 0.6 is 0 Å². The van der Waals surface area contributed by atoms with Gasteiger partial charge in [-0.1, -0.05) is 70.1 Å². The minimum atomic E-state index is -1.03. The summed E-state index contributed by atoms with van der Waals surface area (Å²) in [4.78, 5) is 42.9. The number of para-hydroxylation sites is 1. The Bertz CT molecular complexity index is 931. The Labute approximate surface area is 202 Å². The fraction of sp³-hybridized carbons (Fsp3) is 0.593. The van der Waals surface area contributed by atoms with Gasteiger partial charge in [-0.25, -0.2) is 4.79 Å². The van der Waals surface area contributed by atoms with E-state index in [1.54, 1.807) is 13.0 Å². The van der Waals surface area contributed by atoms with Crippen molar-refractivity contribution >= 4 is 28.7 Å². The van der Waals surface area contributed by atoms with E-state index in [-0.39, 0.29) is 11.8 Å². The second kappa shape index (κ2) is 12.6. The van der Waals surface area contributed by atoms with Gasteiger partial charge in [0.05, 0.1) is 0 Å². The van der Waals surface area contributed by atoms with Gasteiger partial charge in [0.25, 0.3) is 5.91 Å². The first-order valence-electron chi connectivity index (χ1n) is 12.8. The van der Waals surface area contributed by atoms with Gasteiger partial charge in [-0.2, -0.15) is 0 Å². The third-order valence-electron chi connectivity index (χ3n) is 7.07. The van der Waals surface area contributed by atoms with E-state index >= 15 is 0 Å². The van der Waals surface area contributed by atoms with Crippen LogP contribution in [-0.2, 0) is 9.59 Å². The van der Waals surface area contributed by atoms with Crippen LogP contribution in [0.1, 0.15) is 88.5 Å². The maximum Gasteiger partial charge on any atom is 0.326 e. The lowest BCUT2D eigenvalue weighted by atomic mass is 9.86. The predicted molar refractivity (Wildman–Crippen MR) is 134 cm³/mol. The maximum atomic E-state index is 13.6. The number of unbranched alkanes of at least 4 members (excludes halogenated alkanes) is 1. The molecule has 1 fully saturated rings. The number of aromatic nitrogens is 1. The molecule has 1 aromatic heterocycles. The molecule has 3 rings (SSSR count). The van der Waals surface area contributed by atoms with Gasteiger partial charge in [0.2, 0.25) is 5.91 Å². The van der Waals surface area contributed by atoms with Crippen molar-refractivity contribution in [2.75, 3.05) is 6.54 Å². The predicted octanol–water partition coefficient (Wildman–Crippen LogP) is 5.12. The smallest absolute Gasteiger partial charge is 0.326 e. The van der Waals surface area contributed by atoms with Gasteiger partial charge < -0.3 is 20.3 Å². The van der Waals surface area contributed by atoms with E-state index in [4.69, 9.17) is 0 Å². The lowest BCUT2D eigenvalue weighted by Gasteiger charge is -2.31. The number of fused-ring (bicyclic) bond motifs is 1. The quantitative estimate of drug-likeness (QED) is 0.401. The lowest BCUT2D eigenvalue weighted by Crippen LogP contribution is -2.53. The van der Waals surface area contributed by atoms with E-state index in [1.807, 2.05) is 31.2 Å². The summed E-state index contributed by atoms with van der Waals surface area (Å²) < 4.78 is 0. The zero-order chi connectivity index (χ0) is 24.5. The fourth-order valence-corrected chi connectivity index (χ4v) is 4.95. The summed E-state index contributed by atoms with van der Waals surface area (Å²) in [6.07, 6.45) is 10.2. The Morgan fingerprint density at radius 1 is 1.15 bits per heavy atom. The van der Waals surface area contributed by atoms with Crippen molar-refractivity contribution in [1.82, 2.24) is 15.2 Å². The van der Waals surface area contributed by atoms with Gasteiger partial charge in [-0.05, 0) is 44.2 Å². The van der Waals surface area contributed by atoms with Crippen LogP contribution in [-0.4, -0.2) is 51.4 Å². The number of aliphatic carboxylic acids is 1. The number of nitrogens with zero attached hydrogens (tertiary/aromatic N) is 1. The molecule has 0 aliphatic heterocycles. The van der Waals surface area contributed by atoms with Crippen LogP contribution in [0.5, 0.6) is 0 Å². The van der Waals surface area contributed by atoms with Crippen molar-refractivity contribution in [2.24, 2.45) is 5.92 Å². The first-order chi connectivity index (χ1) is 16.4. The summed E-state index contributed by atoms with van der Waals surface area (Å²) in [6, 6.07) is 7.70. The molecule has 0 saturated heterocycles. The van der Waals surface area contributed by atoms with Crippen molar-refractivity contribution in [3.05, 3.63) is 36.0 Å². The highest BCUT2D eigenvalue weighted by molar-refractivity contribution is 6.00. The van der Waals surface area contributed by atoms with E-state index in [1.165, 1.54) is 37.0 Å². The fourth-order valence-electron chi connectivity index (χ4n) is 4.95. The van der Waals surface area contributed by atoms with E-state index < -0.39 is 18.1 Å². The molecule has 1 heterocycles. The minimum Gasteiger partial charge on any atom is -0.480 e. The number of amides is 2. The van der Waals surface area contributed by atoms with Crippen LogP contribution < -0.4 is 5.32 Å². The molecule has 1 aliphatic carbocycles. The Morgan fingerprint density at radius 3 is 2.56 bits per heavy atom. The van der Waals surface area contributed by atoms with Gasteiger partial charge in [0.1, 0.15) is 17.8 Å². The summed E-state index contributed by atoms with van der Waals surface area (Å²) in [7, 11) is 0. The first-order valence-corrected chi connectivity index (χ1v) is 12.8. The lowest BCUT2D eigenvalue weighted by molar-refractivity contribution is -0.150. The van der Waals surface area contributed by atoms with Crippen molar-refractivity contribution in [3.8, 4) is 0 Å². The van der Waals surface area contributed by atoms with E-state index in [2.05, 4.69) is 10.3 Å². The molecule has 186 valence electrons. The number of H-pyrrole nitrogens is 1. The number of hydrogen-bond donors (Lipinski definition) is 3. The van der Waals surface area contributed by atoms with Crippen LogP contribution in [0.3, 0.4) is 0 Å². The molecule has 34 heavy (non-hydrogen) atoms. The molecule has 1 saturated carbocycles. The summed E-state index contributed by atoms with van der Waals surface area (Å²) in [5.41, 5.74) is 1.25. The van der Waals surface area contributed by atoms with Crippen molar-refractivity contribution in [2.45, 2.75) is 90.1 Å². The summed E-state index contributed by atoms with van der Waals surface area (Å²) in [5.74, 6) is -1.02. The number of rotatable bonds is 12. The highest BCUT2D eigenvalue weighted by atomic mass is 16.4. The highest BCUT2D eigenvalue weighted by Gasteiger charge is 2.32. The molecule has 1 aliphatic rings. The number of hydrogen-bond acceptors (Lipinski definition) is 3. The Balaban J connectivity index is 1.71. The zero-order valence-corrected chi connectivity index (χ0v) is 20.5. The molecular weight excluding hydrogens is 430 g/mol. The Hall–Kier alpha value is -2.83. The van der Waals surface area contributed by atoms with Gasteiger partial charge in [0, 0.05) is 17.4 Å². The molecule has 2 atom stereocenters. The summed E-state index contributed by atoms with van der Waals surface area (Å²) >= 11 is 0. The summed E-state index contributed by atoms with van der Waals surface area (Å²) in [5, 5.41) is 13.5. The molecule has 0 bridgehead atoms. The molecule has 1 unspecified atom stereocenters. The molecule has 2 aromatic rings. The van der Waals surface area contributed by atoms with Gasteiger partial charge >= 0.3 is 5.97 Å². The largest absolute Gasteiger partial charge is 0.480 e. The summed E-state index contributed by atoms with van der Waals surface area (Å²) in [6.45, 7) is 3.98. The monoisotopic (exact) mass is 469 g/mol. The molecule has 2 amide bonds. The Kier molecular flexibility index (Phi) is 9.54. The second-order valence-corrected chi connectivity index (χ2v) is 9.63. The van der Waals surface area contributed by atoms with Crippen LogP contribution in [0.15, 0.2) is 30.3 Å². The molecule has 0 spiro atoms. The molecule has 3 N–H and O–H groups in total. The molecule has 1 aromatic carbocycles. The van der Waals surface area contributed by atoms with Gasteiger partial charge in [-0.15, -0.1) is 0 Å². The maximum absolute atomic E-state index is 13.6. The number of carboxylic acid groups (broad SMARTS) is 1. The average Bonchev–Trinajstić information content (AvgIpc) is 3.29. The molecule has 7 heteroatoms. The van der Waals surface area contributed by atoms with Crippen molar-refractivity contribution < 1.29 is 19.5 Å². The van der Waals surface area contributed by atoms with E-state index in [0.717, 1.165) is 36.6 Å². The number of carbonyl (C=O) groups is 3. The van der Waals surface area contributed by atoms with Gasteiger partial charge in [0.15, 0.2) is 0 Å². The van der Waals surface area contributed by atoms with Gasteiger partial charge in [-0.3, -0.25) is 9.59 Å². The Morgan fingerprint density at radius 2 is 1.88 bits per heavy atom. The minimum absolute atomic E-state index is 0.309. The molecule has 7 nitrogen and oxygen atoms in total. The van der Waals surface area contributed by atoms with Crippen LogP contribution in [0, 0.1) is 5.92 Å². The topological polar surface area (TPSA) is 103 Å².